The van der Waals surface area contributed by atoms with Crippen LogP contribution >= 0.6 is 17.0 Å². The number of halogens is 5. The van der Waals surface area contributed by atoms with Gasteiger partial charge in [0, 0.05) is 12.4 Å². The second kappa shape index (κ2) is 11.4. The molecule has 0 saturated heterocycles. The highest BCUT2D eigenvalue weighted by Crippen LogP contribution is 2.25. The second-order valence-corrected chi connectivity index (χ2v) is 6.72. The lowest BCUT2D eigenvalue weighted by Crippen LogP contribution is -2.33. The van der Waals surface area contributed by atoms with Gasteiger partial charge in [-0.15, -0.1) is 17.0 Å². The van der Waals surface area contributed by atoms with Crippen LogP contribution in [0.25, 0.3) is 0 Å². The van der Waals surface area contributed by atoms with Crippen LogP contribution in [0.15, 0.2) is 53.8 Å². The van der Waals surface area contributed by atoms with Gasteiger partial charge in [0.15, 0.2) is 11.3 Å². The zero-order valence-corrected chi connectivity index (χ0v) is 19.0. The van der Waals surface area contributed by atoms with E-state index in [-0.39, 0.29) is 34.0 Å². The topological polar surface area (TPSA) is 116 Å². The van der Waals surface area contributed by atoms with Crippen molar-refractivity contribution in [2.24, 2.45) is 4.99 Å². The van der Waals surface area contributed by atoms with Crippen molar-refractivity contribution in [3.05, 3.63) is 88.6 Å². The first-order chi connectivity index (χ1) is 15.7. The molecule has 0 unspecified atom stereocenters. The zero-order chi connectivity index (χ0) is 24.0. The van der Waals surface area contributed by atoms with E-state index < -0.39 is 58.9 Å². The molecule has 0 saturated carbocycles. The summed E-state index contributed by atoms with van der Waals surface area (Å²) in [5, 5.41) is 21.9. The lowest BCUT2D eigenvalue weighted by molar-refractivity contribution is -0.120. The van der Waals surface area contributed by atoms with Crippen LogP contribution in [0.3, 0.4) is 0 Å². The van der Waals surface area contributed by atoms with Gasteiger partial charge in [0.05, 0.1) is 29.9 Å². The fourth-order valence-electron chi connectivity index (χ4n) is 2.81. The van der Waals surface area contributed by atoms with E-state index in [4.69, 9.17) is 0 Å². The first-order valence-electron chi connectivity index (χ1n) is 9.42. The van der Waals surface area contributed by atoms with E-state index in [9.17, 15) is 32.8 Å². The van der Waals surface area contributed by atoms with Crippen LogP contribution in [-0.2, 0) is 23.7 Å². The molecule has 0 aliphatic rings. The lowest BCUT2D eigenvalue weighted by Gasteiger charge is -2.14. The van der Waals surface area contributed by atoms with Gasteiger partial charge < -0.3 is 10.5 Å². The normalized spacial score (nSPS) is 11.4. The van der Waals surface area contributed by atoms with E-state index in [1.807, 2.05) is 0 Å². The molecule has 0 spiro atoms. The number of nitrogens with zero attached hydrogens (tertiary/aromatic N) is 5. The van der Waals surface area contributed by atoms with Gasteiger partial charge in [-0.3, -0.25) is 19.8 Å². The number of alkyl halides is 2. The highest BCUT2D eigenvalue weighted by atomic mass is 79.9. The molecule has 0 aromatic carbocycles. The van der Waals surface area contributed by atoms with Gasteiger partial charge >= 0.3 is 5.92 Å². The van der Waals surface area contributed by atoms with Crippen molar-refractivity contribution < 1.29 is 27.6 Å². The van der Waals surface area contributed by atoms with Gasteiger partial charge in [0.1, 0.15) is 24.1 Å². The van der Waals surface area contributed by atoms with Gasteiger partial charge in [-0.25, -0.2) is 8.78 Å². The standard InChI is InChI=1S/C21H16F4N6O2.BrH/c22-14-4-3-7-27-16(14)11-29-19(32)9-17-13(10-26)8-15(23)20(31(17)33)30-12-21(24,25)18-5-1-2-6-28-18;/h1-8,33H,9,11-12H2,(H,29,32);1H. The van der Waals surface area contributed by atoms with Gasteiger partial charge in [0.2, 0.25) is 5.91 Å². The van der Waals surface area contributed by atoms with E-state index in [2.05, 4.69) is 20.3 Å². The minimum atomic E-state index is -3.57. The van der Waals surface area contributed by atoms with E-state index in [0.717, 1.165) is 18.3 Å². The Kier molecular flexibility index (Phi) is 8.85. The summed E-state index contributed by atoms with van der Waals surface area (Å²) in [4.78, 5) is 23.0. The molecule has 3 aromatic heterocycles. The van der Waals surface area contributed by atoms with Gasteiger partial charge in [-0.2, -0.15) is 18.8 Å². The Morgan fingerprint density at radius 1 is 1.18 bits per heavy atom. The van der Waals surface area contributed by atoms with Crippen LogP contribution in [0.1, 0.15) is 22.6 Å². The number of rotatable bonds is 7. The summed E-state index contributed by atoms with van der Waals surface area (Å²) in [5.41, 5.74) is -2.35. The van der Waals surface area contributed by atoms with Gasteiger partial charge in [0.25, 0.3) is 0 Å². The fraction of sp³-hybridized carbons (Fsp3) is 0.190. The first-order valence-corrected chi connectivity index (χ1v) is 9.42. The number of nitrogens with one attached hydrogen (secondary N) is 1. The molecule has 0 aliphatic heterocycles. The Bertz CT molecular complexity index is 1280. The molecule has 0 radical (unpaired) electrons. The van der Waals surface area contributed by atoms with Crippen molar-refractivity contribution in [3.63, 3.8) is 0 Å². The molecule has 0 fully saturated rings. The summed E-state index contributed by atoms with van der Waals surface area (Å²) < 4.78 is 56.7. The van der Waals surface area contributed by atoms with Crippen LogP contribution in [0.2, 0.25) is 0 Å². The predicted octanol–water partition coefficient (Wildman–Crippen LogP) is 2.79. The van der Waals surface area contributed by atoms with E-state index in [1.165, 1.54) is 24.4 Å². The van der Waals surface area contributed by atoms with E-state index in [1.54, 1.807) is 6.07 Å². The molecule has 13 heteroatoms. The van der Waals surface area contributed by atoms with E-state index in [0.29, 0.717) is 6.07 Å². The monoisotopic (exact) mass is 540 g/mol. The third-order valence-electron chi connectivity index (χ3n) is 4.46. The van der Waals surface area contributed by atoms with Crippen molar-refractivity contribution in [2.75, 3.05) is 6.54 Å². The first kappa shape index (κ1) is 26.5. The number of nitriles is 1. The Hall–Kier alpha value is -3.79. The maximum absolute atomic E-state index is 14.4. The third kappa shape index (κ3) is 6.16. The number of carbonyl (C=O) groups is 1. The summed E-state index contributed by atoms with van der Waals surface area (Å²) >= 11 is 0. The Balaban J connectivity index is 0.00000408. The van der Waals surface area contributed by atoms with Crippen LogP contribution in [0.5, 0.6) is 0 Å². The minimum Gasteiger partial charge on any atom is -0.427 e. The fourth-order valence-corrected chi connectivity index (χ4v) is 2.81. The minimum absolute atomic E-state index is 0. The van der Waals surface area contributed by atoms with Crippen LogP contribution < -0.4 is 10.8 Å². The average Bonchev–Trinajstić information content (AvgIpc) is 2.80. The Labute approximate surface area is 201 Å². The largest absolute Gasteiger partial charge is 0.427 e. The maximum Gasteiger partial charge on any atom is 0.308 e. The molecule has 0 aliphatic carbocycles. The number of hydrogen-bond acceptors (Lipinski definition) is 6. The number of pyridine rings is 3. The SMILES string of the molecule is Br.N#Cc1cc(F)c(=NCC(F)(F)c2ccccn2)n(O)c1CC(=O)NCc1ncccc1F. The molecular weight excluding hydrogens is 524 g/mol. The molecule has 0 bridgehead atoms. The molecule has 0 atom stereocenters. The highest BCUT2D eigenvalue weighted by Gasteiger charge is 2.33. The predicted molar refractivity (Wildman–Crippen MR) is 115 cm³/mol. The van der Waals surface area contributed by atoms with Crippen molar-refractivity contribution >= 4 is 22.9 Å². The van der Waals surface area contributed by atoms with Crippen molar-refractivity contribution in [2.45, 2.75) is 18.9 Å². The van der Waals surface area contributed by atoms with Crippen molar-refractivity contribution in [1.29, 1.82) is 5.26 Å². The summed E-state index contributed by atoms with van der Waals surface area (Å²) in [5.74, 6) is -6.23. The number of aromatic nitrogens is 3. The van der Waals surface area contributed by atoms with Gasteiger partial charge in [-0.1, -0.05) is 6.07 Å². The average molecular weight is 541 g/mol. The number of amides is 1. The van der Waals surface area contributed by atoms with Crippen molar-refractivity contribution in [3.8, 4) is 6.07 Å². The number of carbonyl (C=O) groups excluding carboxylic acids is 1. The van der Waals surface area contributed by atoms with Crippen molar-refractivity contribution in [1.82, 2.24) is 20.0 Å². The lowest BCUT2D eigenvalue weighted by atomic mass is 10.1. The molecular formula is C21H17BrF4N6O2. The number of hydrogen-bond donors (Lipinski definition) is 2. The van der Waals surface area contributed by atoms with Crippen LogP contribution in [-0.4, -0.2) is 32.4 Å². The maximum atomic E-state index is 14.4. The molecule has 2 N–H and O–H groups in total. The molecule has 8 nitrogen and oxygen atoms in total. The van der Waals surface area contributed by atoms with Crippen LogP contribution in [0, 0.1) is 23.0 Å². The zero-order valence-electron chi connectivity index (χ0n) is 17.3. The summed E-state index contributed by atoms with van der Waals surface area (Å²) in [6, 6.07) is 8.67. The van der Waals surface area contributed by atoms with E-state index >= 15 is 0 Å². The molecule has 3 heterocycles. The Morgan fingerprint density at radius 2 is 1.91 bits per heavy atom. The quantitative estimate of drug-likeness (QED) is 0.353. The molecule has 3 rings (SSSR count). The molecule has 178 valence electrons. The summed E-state index contributed by atoms with van der Waals surface area (Å²) in [6.07, 6.45) is 1.84. The smallest absolute Gasteiger partial charge is 0.308 e. The van der Waals surface area contributed by atoms with Gasteiger partial charge in [-0.05, 0) is 30.3 Å². The molecule has 34 heavy (non-hydrogen) atoms. The second-order valence-electron chi connectivity index (χ2n) is 6.72. The molecule has 3 aromatic rings. The van der Waals surface area contributed by atoms with Crippen LogP contribution in [0.4, 0.5) is 17.6 Å². The summed E-state index contributed by atoms with van der Waals surface area (Å²) in [6.45, 7) is -1.54. The summed E-state index contributed by atoms with van der Waals surface area (Å²) in [7, 11) is 0. The Morgan fingerprint density at radius 3 is 2.56 bits per heavy atom. The third-order valence-corrected chi connectivity index (χ3v) is 4.46. The highest BCUT2D eigenvalue weighted by molar-refractivity contribution is 8.93. The molecule has 1 amide bonds.